The van der Waals surface area contributed by atoms with Crippen molar-refractivity contribution in [3.8, 4) is 0 Å². The Morgan fingerprint density at radius 1 is 0.355 bits per heavy atom. The molecule has 0 aliphatic carbocycles. The van der Waals surface area contributed by atoms with Crippen LogP contribution in [0.4, 0.5) is 0 Å². The highest BCUT2D eigenvalue weighted by molar-refractivity contribution is 5.71. The van der Waals surface area contributed by atoms with Gasteiger partial charge >= 0.3 is 17.9 Å². The van der Waals surface area contributed by atoms with E-state index in [9.17, 15) is 14.4 Å². The molecule has 1 atom stereocenters. The fourth-order valence-corrected chi connectivity index (χ4v) is 6.20. The molecule has 6 nitrogen and oxygen atoms in total. The minimum atomic E-state index is -0.824. The highest BCUT2D eigenvalue weighted by Crippen LogP contribution is 2.13. The number of carbonyl (C=O) groups is 3. The van der Waals surface area contributed by atoms with Gasteiger partial charge in [0.15, 0.2) is 6.10 Å². The summed E-state index contributed by atoms with van der Waals surface area (Å²) in [7, 11) is 0. The number of hydrogen-bond acceptors (Lipinski definition) is 6. The molecular weight excluding hydrogens is 769 g/mol. The van der Waals surface area contributed by atoms with Crippen molar-refractivity contribution in [2.45, 2.75) is 200 Å². The van der Waals surface area contributed by atoms with E-state index in [0.29, 0.717) is 19.3 Å². The van der Waals surface area contributed by atoms with Crippen molar-refractivity contribution >= 4 is 17.9 Å². The summed E-state index contributed by atoms with van der Waals surface area (Å²) in [6.45, 7) is 6.27. The lowest BCUT2D eigenvalue weighted by Gasteiger charge is -2.18. The van der Waals surface area contributed by atoms with Crippen LogP contribution >= 0.6 is 0 Å². The van der Waals surface area contributed by atoms with Gasteiger partial charge in [0.2, 0.25) is 0 Å². The van der Waals surface area contributed by atoms with Crippen molar-refractivity contribution in [2.75, 3.05) is 13.2 Å². The van der Waals surface area contributed by atoms with Gasteiger partial charge in [-0.1, -0.05) is 219 Å². The molecular formula is C56H88O6. The van der Waals surface area contributed by atoms with Crippen LogP contribution in [-0.4, -0.2) is 37.2 Å². The fraction of sp³-hybridized carbons (Fsp3) is 0.589. The third kappa shape index (κ3) is 46.9. The second-order valence-corrected chi connectivity index (χ2v) is 15.7. The first-order chi connectivity index (χ1) is 30.5. The highest BCUT2D eigenvalue weighted by atomic mass is 16.6. The molecule has 0 bridgehead atoms. The summed E-state index contributed by atoms with van der Waals surface area (Å²) >= 11 is 0. The minimum absolute atomic E-state index is 0.115. The van der Waals surface area contributed by atoms with Crippen molar-refractivity contribution in [3.63, 3.8) is 0 Å². The van der Waals surface area contributed by atoms with Crippen LogP contribution < -0.4 is 0 Å². The molecule has 0 spiro atoms. The second kappa shape index (κ2) is 49.5. The number of esters is 3. The molecule has 0 heterocycles. The predicted octanol–water partition coefficient (Wildman–Crippen LogP) is 16.1. The Balaban J connectivity index is 4.58. The number of allylic oxidation sites excluding steroid dienone is 20. The number of rotatable bonds is 42. The van der Waals surface area contributed by atoms with Gasteiger partial charge in [-0.2, -0.15) is 0 Å². The monoisotopic (exact) mass is 857 g/mol. The van der Waals surface area contributed by atoms with E-state index < -0.39 is 6.10 Å². The molecule has 0 saturated heterocycles. The Bertz CT molecular complexity index is 1350. The summed E-state index contributed by atoms with van der Waals surface area (Å²) in [4.78, 5) is 37.9. The number of unbranched alkanes of at least 4 members (excludes halogenated alkanes) is 15. The van der Waals surface area contributed by atoms with Gasteiger partial charge in [0, 0.05) is 19.3 Å². The highest BCUT2D eigenvalue weighted by Gasteiger charge is 2.19. The Morgan fingerprint density at radius 3 is 1.23 bits per heavy atom. The maximum Gasteiger partial charge on any atom is 0.306 e. The minimum Gasteiger partial charge on any atom is -0.462 e. The Hall–Kier alpha value is -4.19. The molecule has 0 fully saturated rings. The standard InChI is InChI=1S/C56H88O6/c1-4-7-10-13-16-19-22-25-27-28-30-31-34-37-40-43-46-49-55(58)61-52-53(51-60-54(57)48-45-42-39-36-33-24-21-18-15-12-9-6-3)62-56(59)50-47-44-41-38-35-32-29-26-23-20-17-14-11-8-5-2/h7-8,10-11,14,16-17,19-20,23,25-27,29-32,35,37,40,53H,4-6,9,12-13,15,18,21-22,24,28,33-34,36,38-39,41-52H2,1-3H3/b10-7-,11-8-,17-14-,19-16-,23-20-,27-25-,29-26-,31-30-,35-32-,40-37-. The zero-order chi connectivity index (χ0) is 45.1. The normalized spacial score (nSPS) is 13.1. The van der Waals surface area contributed by atoms with Gasteiger partial charge in [0.05, 0.1) is 0 Å². The molecule has 0 N–H and O–H groups in total. The van der Waals surface area contributed by atoms with Crippen molar-refractivity contribution in [1.29, 1.82) is 0 Å². The second-order valence-electron chi connectivity index (χ2n) is 15.7. The van der Waals surface area contributed by atoms with E-state index in [1.807, 2.05) is 48.6 Å². The van der Waals surface area contributed by atoms with E-state index >= 15 is 0 Å². The summed E-state index contributed by atoms with van der Waals surface area (Å²) in [5.41, 5.74) is 0. The van der Waals surface area contributed by atoms with Gasteiger partial charge in [0.1, 0.15) is 13.2 Å². The van der Waals surface area contributed by atoms with Gasteiger partial charge in [-0.15, -0.1) is 0 Å². The van der Waals surface area contributed by atoms with Crippen LogP contribution in [0.5, 0.6) is 0 Å². The largest absolute Gasteiger partial charge is 0.462 e. The van der Waals surface area contributed by atoms with Crippen molar-refractivity contribution in [2.24, 2.45) is 0 Å². The van der Waals surface area contributed by atoms with E-state index in [0.717, 1.165) is 83.5 Å². The van der Waals surface area contributed by atoms with E-state index in [4.69, 9.17) is 14.2 Å². The average molecular weight is 857 g/mol. The molecule has 0 amide bonds. The molecule has 0 aliphatic rings. The Morgan fingerprint density at radius 2 is 0.726 bits per heavy atom. The molecule has 348 valence electrons. The average Bonchev–Trinajstić information content (AvgIpc) is 3.27. The zero-order valence-corrected chi connectivity index (χ0v) is 39.6. The molecule has 0 rings (SSSR count). The molecule has 0 radical (unpaired) electrons. The van der Waals surface area contributed by atoms with Crippen molar-refractivity contribution in [1.82, 2.24) is 0 Å². The molecule has 0 aliphatic heterocycles. The van der Waals surface area contributed by atoms with Crippen molar-refractivity contribution < 1.29 is 28.6 Å². The number of hydrogen-bond donors (Lipinski definition) is 0. The molecule has 1 unspecified atom stereocenters. The van der Waals surface area contributed by atoms with Crippen LogP contribution in [0.2, 0.25) is 0 Å². The molecule has 0 aromatic heterocycles. The fourth-order valence-electron chi connectivity index (χ4n) is 6.20. The number of ether oxygens (including phenoxy) is 3. The lowest BCUT2D eigenvalue weighted by Crippen LogP contribution is -2.30. The molecule has 0 aromatic rings. The van der Waals surface area contributed by atoms with Crippen LogP contribution in [0.3, 0.4) is 0 Å². The third-order valence-electron chi connectivity index (χ3n) is 9.84. The molecule has 0 aromatic carbocycles. The maximum absolute atomic E-state index is 12.8. The summed E-state index contributed by atoms with van der Waals surface area (Å²) in [6, 6.07) is 0. The smallest absolute Gasteiger partial charge is 0.306 e. The molecule has 0 saturated carbocycles. The van der Waals surface area contributed by atoms with Gasteiger partial charge in [0.25, 0.3) is 0 Å². The van der Waals surface area contributed by atoms with Gasteiger partial charge < -0.3 is 14.2 Å². The van der Waals surface area contributed by atoms with E-state index in [1.54, 1.807) is 0 Å². The van der Waals surface area contributed by atoms with Crippen LogP contribution in [0.15, 0.2) is 122 Å². The first-order valence-corrected chi connectivity index (χ1v) is 24.6. The Kier molecular flexibility index (Phi) is 46.1. The quantitative estimate of drug-likeness (QED) is 0.0200. The first kappa shape index (κ1) is 57.8. The van der Waals surface area contributed by atoms with Crippen LogP contribution in [0.1, 0.15) is 194 Å². The zero-order valence-electron chi connectivity index (χ0n) is 39.6. The first-order valence-electron chi connectivity index (χ1n) is 24.6. The Labute approximate surface area is 380 Å². The number of carbonyl (C=O) groups excluding carboxylic acids is 3. The van der Waals surface area contributed by atoms with Crippen molar-refractivity contribution in [3.05, 3.63) is 122 Å². The summed E-state index contributed by atoms with van der Waals surface area (Å²) in [6.07, 6.45) is 67.5. The lowest BCUT2D eigenvalue weighted by molar-refractivity contribution is -0.167. The van der Waals surface area contributed by atoms with E-state index in [2.05, 4.69) is 93.7 Å². The SMILES string of the molecule is CC\C=C/C=C\C=C/C=C\C=C/CCCCCC(=O)OC(COC(=O)CCC/C=C\C/C=C\C/C=C\C/C=C\C/C=C\CC)COC(=O)CCCCCCCCCCCCCC. The van der Waals surface area contributed by atoms with Crippen LogP contribution in [0, 0.1) is 0 Å². The van der Waals surface area contributed by atoms with Gasteiger partial charge in [-0.05, 0) is 77.0 Å². The van der Waals surface area contributed by atoms with Crippen LogP contribution in [-0.2, 0) is 28.6 Å². The van der Waals surface area contributed by atoms with E-state index in [1.165, 1.54) is 57.8 Å². The maximum atomic E-state index is 12.8. The van der Waals surface area contributed by atoms with Gasteiger partial charge in [-0.25, -0.2) is 0 Å². The predicted molar refractivity (Wildman–Crippen MR) is 265 cm³/mol. The lowest BCUT2D eigenvalue weighted by atomic mass is 10.0. The summed E-state index contributed by atoms with van der Waals surface area (Å²) < 4.78 is 16.7. The van der Waals surface area contributed by atoms with Gasteiger partial charge in [-0.3, -0.25) is 14.4 Å². The van der Waals surface area contributed by atoms with E-state index in [-0.39, 0.29) is 44.0 Å². The van der Waals surface area contributed by atoms with Crippen LogP contribution in [0.25, 0.3) is 0 Å². The topological polar surface area (TPSA) is 78.9 Å². The molecule has 62 heavy (non-hydrogen) atoms. The summed E-state index contributed by atoms with van der Waals surface area (Å²) in [5.74, 6) is -1.03. The molecule has 6 heteroatoms. The summed E-state index contributed by atoms with van der Waals surface area (Å²) in [5, 5.41) is 0. The third-order valence-corrected chi connectivity index (χ3v) is 9.84.